The average molecular weight is 396 g/mol. The van der Waals surface area contributed by atoms with E-state index in [-0.39, 0.29) is 11.7 Å². The highest BCUT2D eigenvalue weighted by molar-refractivity contribution is 5.89. The summed E-state index contributed by atoms with van der Waals surface area (Å²) in [7, 11) is 0. The summed E-state index contributed by atoms with van der Waals surface area (Å²) in [4.78, 5) is 34.3. The SMILES string of the molecule is CC(C)C[C@H](NC(=O)COC(=O)/C=C/c1cccc([N+](=O)[O-])c1)c1ccccc1. The number of nitrogens with zero attached hydrogens (tertiary/aromatic N) is 1. The molecule has 0 bridgehead atoms. The van der Waals surface area contributed by atoms with E-state index in [1.165, 1.54) is 24.3 Å². The van der Waals surface area contributed by atoms with E-state index >= 15 is 0 Å². The van der Waals surface area contributed by atoms with Crippen molar-refractivity contribution in [3.63, 3.8) is 0 Å². The van der Waals surface area contributed by atoms with Gasteiger partial charge in [0.1, 0.15) is 0 Å². The van der Waals surface area contributed by atoms with Crippen LogP contribution in [-0.4, -0.2) is 23.4 Å². The molecule has 1 atom stereocenters. The summed E-state index contributed by atoms with van der Waals surface area (Å²) in [6.45, 7) is 3.74. The highest BCUT2D eigenvalue weighted by atomic mass is 16.6. The van der Waals surface area contributed by atoms with Gasteiger partial charge in [0, 0.05) is 18.2 Å². The lowest BCUT2D eigenvalue weighted by Gasteiger charge is -2.21. The Balaban J connectivity index is 1.89. The van der Waals surface area contributed by atoms with Crippen molar-refractivity contribution >= 4 is 23.6 Å². The van der Waals surface area contributed by atoms with Crippen LogP contribution in [0.4, 0.5) is 5.69 Å². The topological polar surface area (TPSA) is 98.5 Å². The highest BCUT2D eigenvalue weighted by Gasteiger charge is 2.16. The maximum absolute atomic E-state index is 12.2. The second kappa shape index (κ2) is 10.8. The first kappa shape index (κ1) is 21.8. The summed E-state index contributed by atoms with van der Waals surface area (Å²) in [5.41, 5.74) is 1.41. The minimum Gasteiger partial charge on any atom is -0.452 e. The van der Waals surface area contributed by atoms with Gasteiger partial charge in [0.15, 0.2) is 6.61 Å². The monoisotopic (exact) mass is 396 g/mol. The Morgan fingerprint density at radius 2 is 1.86 bits per heavy atom. The summed E-state index contributed by atoms with van der Waals surface area (Å²) < 4.78 is 4.97. The van der Waals surface area contributed by atoms with Crippen molar-refractivity contribution in [3.8, 4) is 0 Å². The Morgan fingerprint density at radius 1 is 1.14 bits per heavy atom. The minimum absolute atomic E-state index is 0.0722. The number of esters is 1. The van der Waals surface area contributed by atoms with E-state index in [1.54, 1.807) is 6.07 Å². The van der Waals surface area contributed by atoms with Crippen molar-refractivity contribution in [2.45, 2.75) is 26.3 Å². The number of rotatable bonds is 9. The Hall–Kier alpha value is -3.48. The van der Waals surface area contributed by atoms with Crippen molar-refractivity contribution in [2.75, 3.05) is 6.61 Å². The molecular weight excluding hydrogens is 372 g/mol. The molecule has 7 heteroatoms. The fourth-order valence-corrected chi connectivity index (χ4v) is 2.76. The average Bonchev–Trinajstić information content (AvgIpc) is 2.70. The molecule has 7 nitrogen and oxygen atoms in total. The van der Waals surface area contributed by atoms with Crippen LogP contribution in [0.5, 0.6) is 0 Å². The first-order valence-electron chi connectivity index (χ1n) is 9.28. The summed E-state index contributed by atoms with van der Waals surface area (Å²) in [6, 6.07) is 15.3. The van der Waals surface area contributed by atoms with E-state index in [4.69, 9.17) is 4.74 Å². The summed E-state index contributed by atoms with van der Waals surface area (Å²) >= 11 is 0. The first-order valence-corrected chi connectivity index (χ1v) is 9.28. The van der Waals surface area contributed by atoms with Crippen LogP contribution in [0.3, 0.4) is 0 Å². The number of nitrogens with one attached hydrogen (secondary N) is 1. The second-order valence-electron chi connectivity index (χ2n) is 6.95. The van der Waals surface area contributed by atoms with Crippen LogP contribution >= 0.6 is 0 Å². The number of carbonyl (C=O) groups is 2. The molecule has 0 fully saturated rings. The van der Waals surface area contributed by atoms with Gasteiger partial charge in [-0.3, -0.25) is 14.9 Å². The zero-order valence-corrected chi connectivity index (χ0v) is 16.4. The largest absolute Gasteiger partial charge is 0.452 e. The molecule has 1 N–H and O–H groups in total. The van der Waals surface area contributed by atoms with E-state index in [9.17, 15) is 19.7 Å². The Labute approximate surface area is 169 Å². The number of ether oxygens (including phenoxy) is 1. The van der Waals surface area contributed by atoms with Gasteiger partial charge in [-0.1, -0.05) is 56.3 Å². The Bertz CT molecular complexity index is 878. The molecule has 29 heavy (non-hydrogen) atoms. The third-order valence-electron chi connectivity index (χ3n) is 4.08. The second-order valence-corrected chi connectivity index (χ2v) is 6.95. The number of non-ortho nitro benzene ring substituents is 1. The van der Waals surface area contributed by atoms with Gasteiger partial charge in [-0.05, 0) is 29.5 Å². The van der Waals surface area contributed by atoms with Gasteiger partial charge in [-0.15, -0.1) is 0 Å². The van der Waals surface area contributed by atoms with Gasteiger partial charge in [0.25, 0.3) is 11.6 Å². The molecule has 0 spiro atoms. The predicted octanol–water partition coefficient (Wildman–Crippen LogP) is 4.05. The summed E-state index contributed by atoms with van der Waals surface area (Å²) in [5, 5.41) is 13.7. The lowest BCUT2D eigenvalue weighted by molar-refractivity contribution is -0.384. The molecule has 0 unspecified atom stereocenters. The summed E-state index contributed by atoms with van der Waals surface area (Å²) in [6.07, 6.45) is 3.30. The molecule has 0 heterocycles. The van der Waals surface area contributed by atoms with Gasteiger partial charge in [-0.2, -0.15) is 0 Å². The molecule has 2 rings (SSSR count). The highest BCUT2D eigenvalue weighted by Crippen LogP contribution is 2.21. The maximum atomic E-state index is 12.2. The number of hydrogen-bond donors (Lipinski definition) is 1. The molecule has 2 aromatic carbocycles. The minimum atomic E-state index is -0.702. The zero-order valence-electron chi connectivity index (χ0n) is 16.4. The van der Waals surface area contributed by atoms with Gasteiger partial charge in [0.05, 0.1) is 11.0 Å². The molecule has 2 aromatic rings. The van der Waals surface area contributed by atoms with Crippen LogP contribution in [-0.2, 0) is 14.3 Å². The van der Waals surface area contributed by atoms with Crippen molar-refractivity contribution < 1.29 is 19.2 Å². The number of nitro groups is 1. The molecule has 0 aromatic heterocycles. The molecule has 0 aliphatic rings. The van der Waals surface area contributed by atoms with Gasteiger partial charge in [-0.25, -0.2) is 4.79 Å². The number of amides is 1. The van der Waals surface area contributed by atoms with Crippen molar-refractivity contribution in [1.82, 2.24) is 5.32 Å². The standard InChI is InChI=1S/C22H24N2O5/c1-16(2)13-20(18-8-4-3-5-9-18)23-21(25)15-29-22(26)12-11-17-7-6-10-19(14-17)24(27)28/h3-12,14,16,20H,13,15H2,1-2H3,(H,23,25)/b12-11+/t20-/m0/s1. The Morgan fingerprint density at radius 3 is 2.52 bits per heavy atom. The molecule has 0 aliphatic carbocycles. The fourth-order valence-electron chi connectivity index (χ4n) is 2.76. The maximum Gasteiger partial charge on any atom is 0.331 e. The number of hydrogen-bond acceptors (Lipinski definition) is 5. The first-order chi connectivity index (χ1) is 13.8. The molecule has 152 valence electrons. The Kier molecular flexibility index (Phi) is 8.09. The van der Waals surface area contributed by atoms with E-state index < -0.39 is 23.4 Å². The number of benzene rings is 2. The predicted molar refractivity (Wildman–Crippen MR) is 110 cm³/mol. The molecule has 0 aliphatic heterocycles. The van der Waals surface area contributed by atoms with Crippen molar-refractivity contribution in [1.29, 1.82) is 0 Å². The van der Waals surface area contributed by atoms with E-state index in [0.29, 0.717) is 11.5 Å². The van der Waals surface area contributed by atoms with Crippen LogP contribution in [0.2, 0.25) is 0 Å². The van der Waals surface area contributed by atoms with Crippen LogP contribution < -0.4 is 5.32 Å². The van der Waals surface area contributed by atoms with Crippen LogP contribution in [0.25, 0.3) is 6.08 Å². The lowest BCUT2D eigenvalue weighted by Crippen LogP contribution is -2.33. The third kappa shape index (κ3) is 7.57. The van der Waals surface area contributed by atoms with Crippen LogP contribution in [0, 0.1) is 16.0 Å². The molecule has 0 saturated heterocycles. The molecule has 0 radical (unpaired) electrons. The normalized spacial score (nSPS) is 12.0. The van der Waals surface area contributed by atoms with Crippen molar-refractivity contribution in [2.24, 2.45) is 5.92 Å². The molecule has 1 amide bonds. The number of nitro benzene ring substituents is 1. The van der Waals surface area contributed by atoms with Gasteiger partial charge >= 0.3 is 5.97 Å². The number of carbonyl (C=O) groups excluding carboxylic acids is 2. The summed E-state index contributed by atoms with van der Waals surface area (Å²) in [5.74, 6) is -0.718. The molecular formula is C22H24N2O5. The van der Waals surface area contributed by atoms with Gasteiger partial charge in [0.2, 0.25) is 0 Å². The molecule has 0 saturated carbocycles. The van der Waals surface area contributed by atoms with E-state index in [0.717, 1.165) is 18.1 Å². The van der Waals surface area contributed by atoms with Crippen LogP contribution in [0.1, 0.15) is 37.4 Å². The third-order valence-corrected chi connectivity index (χ3v) is 4.08. The quantitative estimate of drug-likeness (QED) is 0.298. The van der Waals surface area contributed by atoms with Gasteiger partial charge < -0.3 is 10.1 Å². The van der Waals surface area contributed by atoms with Crippen LogP contribution in [0.15, 0.2) is 60.7 Å². The van der Waals surface area contributed by atoms with E-state index in [2.05, 4.69) is 19.2 Å². The fraction of sp³-hybridized carbons (Fsp3) is 0.273. The van der Waals surface area contributed by atoms with Crippen molar-refractivity contribution in [3.05, 3.63) is 81.9 Å². The van der Waals surface area contributed by atoms with E-state index in [1.807, 2.05) is 30.3 Å². The smallest absolute Gasteiger partial charge is 0.331 e. The zero-order chi connectivity index (χ0) is 21.2. The lowest BCUT2D eigenvalue weighted by atomic mass is 9.97.